The number of likely N-dealkylation sites (tertiary alicyclic amines) is 1. The third-order valence-corrected chi connectivity index (χ3v) is 4.31. The zero-order chi connectivity index (χ0) is 15.1. The maximum atomic E-state index is 11.4. The summed E-state index contributed by atoms with van der Waals surface area (Å²) < 4.78 is 0. The van der Waals surface area contributed by atoms with Crippen molar-refractivity contribution < 1.29 is 4.79 Å². The van der Waals surface area contributed by atoms with Crippen molar-refractivity contribution >= 4 is 5.91 Å². The number of hydrogen-bond acceptors (Lipinski definition) is 3. The third-order valence-electron chi connectivity index (χ3n) is 4.31. The van der Waals surface area contributed by atoms with Crippen LogP contribution in [0.3, 0.4) is 0 Å². The lowest BCUT2D eigenvalue weighted by molar-refractivity contribution is -0.120. The molecule has 0 bridgehead atoms. The second kappa shape index (κ2) is 8.15. The number of nitrogens with one attached hydrogen (secondary N) is 1. The van der Waals surface area contributed by atoms with Crippen molar-refractivity contribution in [2.24, 2.45) is 11.7 Å². The highest BCUT2D eigenvalue weighted by molar-refractivity contribution is 5.80. The molecule has 1 aliphatic rings. The summed E-state index contributed by atoms with van der Waals surface area (Å²) in [6, 6.07) is 10.5. The summed E-state index contributed by atoms with van der Waals surface area (Å²) in [5.41, 5.74) is 6.87. The van der Waals surface area contributed by atoms with Gasteiger partial charge in [-0.05, 0) is 50.4 Å². The van der Waals surface area contributed by atoms with Crippen LogP contribution in [-0.2, 0) is 11.2 Å². The van der Waals surface area contributed by atoms with E-state index >= 15 is 0 Å². The van der Waals surface area contributed by atoms with E-state index in [0.29, 0.717) is 0 Å². The van der Waals surface area contributed by atoms with Crippen LogP contribution in [0.25, 0.3) is 0 Å². The summed E-state index contributed by atoms with van der Waals surface area (Å²) in [5.74, 6) is 0.512. The van der Waals surface area contributed by atoms with Crippen LogP contribution >= 0.6 is 0 Å². The lowest BCUT2D eigenvalue weighted by atomic mass is 9.90. The van der Waals surface area contributed by atoms with Crippen LogP contribution in [0.15, 0.2) is 30.3 Å². The van der Waals surface area contributed by atoms with E-state index in [1.807, 2.05) is 6.92 Å². The van der Waals surface area contributed by atoms with Crippen molar-refractivity contribution in [3.8, 4) is 0 Å². The van der Waals surface area contributed by atoms with Crippen molar-refractivity contribution in [3.05, 3.63) is 35.9 Å². The molecule has 0 radical (unpaired) electrons. The molecule has 1 aromatic carbocycles. The summed E-state index contributed by atoms with van der Waals surface area (Å²) in [7, 11) is 0. The predicted molar refractivity (Wildman–Crippen MR) is 86.0 cm³/mol. The first-order valence-corrected chi connectivity index (χ1v) is 7.98. The van der Waals surface area contributed by atoms with Crippen molar-refractivity contribution in [3.63, 3.8) is 0 Å². The molecule has 0 spiro atoms. The van der Waals surface area contributed by atoms with E-state index in [9.17, 15) is 4.79 Å². The van der Waals surface area contributed by atoms with Crippen LogP contribution in [0.4, 0.5) is 0 Å². The maximum Gasteiger partial charge on any atom is 0.235 e. The molecule has 1 heterocycles. The molecule has 3 N–H and O–H groups in total. The Morgan fingerprint density at radius 1 is 1.33 bits per heavy atom. The standard InChI is InChI=1S/C17H27N3O/c1-2-19-16(17(18)21)13-20-10-8-15(9-11-20)12-14-6-4-3-5-7-14/h3-7,15-16,19H,2,8-13H2,1H3,(H2,18,21). The van der Waals surface area contributed by atoms with Gasteiger partial charge in [-0.2, -0.15) is 0 Å². The van der Waals surface area contributed by atoms with Crippen molar-refractivity contribution in [2.45, 2.75) is 32.2 Å². The Morgan fingerprint density at radius 2 is 2.00 bits per heavy atom. The summed E-state index contributed by atoms with van der Waals surface area (Å²) in [4.78, 5) is 13.8. The lowest BCUT2D eigenvalue weighted by Crippen LogP contribution is -2.50. The molecule has 1 aromatic rings. The number of amides is 1. The lowest BCUT2D eigenvalue weighted by Gasteiger charge is -2.33. The second-order valence-electron chi connectivity index (χ2n) is 5.95. The van der Waals surface area contributed by atoms with Crippen LogP contribution in [0.2, 0.25) is 0 Å². The third kappa shape index (κ3) is 5.14. The molecule has 0 saturated carbocycles. The molecule has 1 aliphatic heterocycles. The fraction of sp³-hybridized carbons (Fsp3) is 0.588. The van der Waals surface area contributed by atoms with Crippen LogP contribution in [0, 0.1) is 5.92 Å². The molecule has 4 nitrogen and oxygen atoms in total. The topological polar surface area (TPSA) is 58.4 Å². The summed E-state index contributed by atoms with van der Waals surface area (Å²) in [6.07, 6.45) is 3.57. The Balaban J connectivity index is 1.76. The van der Waals surface area contributed by atoms with E-state index in [0.717, 1.165) is 32.1 Å². The van der Waals surface area contributed by atoms with Crippen LogP contribution in [0.5, 0.6) is 0 Å². The zero-order valence-electron chi connectivity index (χ0n) is 12.9. The van der Waals surface area contributed by atoms with E-state index in [1.165, 1.54) is 24.8 Å². The van der Waals surface area contributed by atoms with Gasteiger partial charge in [-0.3, -0.25) is 4.79 Å². The highest BCUT2D eigenvalue weighted by Gasteiger charge is 2.23. The van der Waals surface area contributed by atoms with Crippen LogP contribution in [0.1, 0.15) is 25.3 Å². The Labute approximate surface area is 127 Å². The van der Waals surface area contributed by atoms with Gasteiger partial charge in [-0.15, -0.1) is 0 Å². The molecule has 0 aliphatic carbocycles. The number of likely N-dealkylation sites (N-methyl/N-ethyl adjacent to an activating group) is 1. The Hall–Kier alpha value is -1.39. The molecule has 116 valence electrons. The number of nitrogens with zero attached hydrogens (tertiary/aromatic N) is 1. The average molecular weight is 289 g/mol. The molecule has 1 atom stereocenters. The van der Waals surface area contributed by atoms with Gasteiger partial charge >= 0.3 is 0 Å². The summed E-state index contributed by atoms with van der Waals surface area (Å²) in [6.45, 7) is 5.64. The maximum absolute atomic E-state index is 11.4. The highest BCUT2D eigenvalue weighted by atomic mass is 16.1. The quantitative estimate of drug-likeness (QED) is 0.798. The van der Waals surface area contributed by atoms with Gasteiger partial charge in [0.05, 0.1) is 6.04 Å². The number of hydrogen-bond donors (Lipinski definition) is 2. The number of benzene rings is 1. The van der Waals surface area contributed by atoms with Gasteiger partial charge in [0.2, 0.25) is 5.91 Å². The van der Waals surface area contributed by atoms with E-state index < -0.39 is 0 Å². The number of nitrogens with two attached hydrogens (primary N) is 1. The number of carbonyl (C=O) groups is 1. The number of rotatable bonds is 7. The Bertz CT molecular complexity index is 427. The van der Waals surface area contributed by atoms with E-state index in [-0.39, 0.29) is 11.9 Å². The van der Waals surface area contributed by atoms with Gasteiger partial charge in [0.15, 0.2) is 0 Å². The summed E-state index contributed by atoms with van der Waals surface area (Å²) >= 11 is 0. The van der Waals surface area contributed by atoms with Gasteiger partial charge in [-0.25, -0.2) is 0 Å². The van der Waals surface area contributed by atoms with Gasteiger partial charge in [0, 0.05) is 6.54 Å². The van der Waals surface area contributed by atoms with Crippen LogP contribution in [-0.4, -0.2) is 43.0 Å². The number of primary amides is 1. The molecule has 1 amide bonds. The largest absolute Gasteiger partial charge is 0.368 e. The molecule has 2 rings (SSSR count). The molecule has 0 aromatic heterocycles. The average Bonchev–Trinajstić information content (AvgIpc) is 2.49. The first-order chi connectivity index (χ1) is 10.2. The van der Waals surface area contributed by atoms with Crippen molar-refractivity contribution in [1.82, 2.24) is 10.2 Å². The monoisotopic (exact) mass is 289 g/mol. The van der Waals surface area contributed by atoms with Crippen molar-refractivity contribution in [1.29, 1.82) is 0 Å². The second-order valence-corrected chi connectivity index (χ2v) is 5.95. The fourth-order valence-corrected chi connectivity index (χ4v) is 3.08. The molecular formula is C17H27N3O. The zero-order valence-corrected chi connectivity index (χ0v) is 12.9. The minimum Gasteiger partial charge on any atom is -0.368 e. The fourth-order valence-electron chi connectivity index (χ4n) is 3.08. The van der Waals surface area contributed by atoms with Gasteiger partial charge in [0.1, 0.15) is 0 Å². The van der Waals surface area contributed by atoms with E-state index in [2.05, 4.69) is 40.5 Å². The smallest absolute Gasteiger partial charge is 0.235 e. The van der Waals surface area contributed by atoms with Crippen molar-refractivity contribution in [2.75, 3.05) is 26.2 Å². The normalized spacial score (nSPS) is 18.5. The van der Waals surface area contributed by atoms with E-state index in [1.54, 1.807) is 0 Å². The van der Waals surface area contributed by atoms with Crippen LogP contribution < -0.4 is 11.1 Å². The minimum atomic E-state index is -0.247. The SMILES string of the molecule is CCNC(CN1CCC(Cc2ccccc2)CC1)C(N)=O. The Morgan fingerprint density at radius 3 is 2.57 bits per heavy atom. The predicted octanol–water partition coefficient (Wildman–Crippen LogP) is 1.40. The molecule has 4 heteroatoms. The Kier molecular flexibility index (Phi) is 6.21. The van der Waals surface area contributed by atoms with Gasteiger partial charge in [-0.1, -0.05) is 37.3 Å². The molecular weight excluding hydrogens is 262 g/mol. The van der Waals surface area contributed by atoms with Gasteiger partial charge in [0.25, 0.3) is 0 Å². The number of piperidine rings is 1. The molecule has 21 heavy (non-hydrogen) atoms. The highest BCUT2D eigenvalue weighted by Crippen LogP contribution is 2.21. The van der Waals surface area contributed by atoms with E-state index in [4.69, 9.17) is 5.73 Å². The molecule has 1 saturated heterocycles. The first kappa shape index (κ1) is 16.0. The molecule has 1 unspecified atom stereocenters. The van der Waals surface area contributed by atoms with Gasteiger partial charge < -0.3 is 16.0 Å². The first-order valence-electron chi connectivity index (χ1n) is 7.98. The molecule has 1 fully saturated rings. The number of carbonyl (C=O) groups excluding carboxylic acids is 1. The minimum absolute atomic E-state index is 0.222. The summed E-state index contributed by atoms with van der Waals surface area (Å²) in [5, 5.41) is 3.16.